The topological polar surface area (TPSA) is 73.7 Å². The minimum Gasteiger partial charge on any atom is -0.478 e. The van der Waals surface area contributed by atoms with Crippen LogP contribution in [0.2, 0.25) is 0 Å². The number of fused-ring (bicyclic) bond motifs is 1. The Balaban J connectivity index is 1.27. The molecule has 1 N–H and O–H groups in total. The van der Waals surface area contributed by atoms with Crippen molar-refractivity contribution in [3.8, 4) is 0 Å². The van der Waals surface area contributed by atoms with Crippen molar-refractivity contribution in [1.82, 2.24) is 14.8 Å². The van der Waals surface area contributed by atoms with Gasteiger partial charge in [0.15, 0.2) is 5.78 Å². The summed E-state index contributed by atoms with van der Waals surface area (Å²) in [6.45, 7) is 5.22. The molecule has 9 heteroatoms. The lowest BCUT2D eigenvalue weighted by Gasteiger charge is -2.33. The second kappa shape index (κ2) is 12.2. The Hall–Kier alpha value is -3.82. The van der Waals surface area contributed by atoms with Crippen LogP contribution in [0.15, 0.2) is 54.2 Å². The molecule has 5 rings (SSSR count). The number of aryl methyl sites for hydroxylation is 3. The number of hydrogen-bond donors (Lipinski definition) is 1. The highest BCUT2D eigenvalue weighted by molar-refractivity contribution is 5.98. The second-order valence-corrected chi connectivity index (χ2v) is 11.3. The van der Waals surface area contributed by atoms with E-state index in [4.69, 9.17) is 0 Å². The SMILES string of the molecule is Cc1ccc(CC(=O)c2ccc(CN3CCN(C)CC3)c(C(F)(F)F)c2)cc1CCc1cnc2c(c1)C=C(C(=O)O)C2. The molecule has 0 unspecified atom stereocenters. The average Bonchev–Trinajstić information content (AvgIpc) is 3.38. The molecule has 1 aliphatic carbocycles. The third kappa shape index (κ3) is 6.97. The number of carboxylic acids is 1. The Labute approximate surface area is 243 Å². The number of ketones is 1. The number of hydrogen-bond acceptors (Lipinski definition) is 5. The zero-order valence-electron chi connectivity index (χ0n) is 23.8. The van der Waals surface area contributed by atoms with Crippen molar-refractivity contribution in [2.24, 2.45) is 0 Å². The number of alkyl halides is 3. The fourth-order valence-corrected chi connectivity index (χ4v) is 5.59. The van der Waals surface area contributed by atoms with Crippen LogP contribution in [0.3, 0.4) is 0 Å². The zero-order valence-corrected chi connectivity index (χ0v) is 23.8. The summed E-state index contributed by atoms with van der Waals surface area (Å²) in [4.78, 5) is 33.0. The highest BCUT2D eigenvalue weighted by atomic mass is 19.4. The molecule has 0 saturated carbocycles. The number of benzene rings is 2. The summed E-state index contributed by atoms with van der Waals surface area (Å²) in [5.41, 5.74) is 5.25. The van der Waals surface area contributed by atoms with E-state index < -0.39 is 17.7 Å². The number of halogens is 3. The minimum atomic E-state index is -4.55. The minimum absolute atomic E-state index is 0.00550. The first-order valence-corrected chi connectivity index (χ1v) is 14.1. The van der Waals surface area contributed by atoms with Gasteiger partial charge in [0.25, 0.3) is 0 Å². The van der Waals surface area contributed by atoms with Gasteiger partial charge in [-0.25, -0.2) is 4.79 Å². The van der Waals surface area contributed by atoms with Gasteiger partial charge in [-0.1, -0.05) is 30.3 Å². The predicted octanol–water partition coefficient (Wildman–Crippen LogP) is 5.39. The summed E-state index contributed by atoms with van der Waals surface area (Å²) in [7, 11) is 2.00. The maximum Gasteiger partial charge on any atom is 0.416 e. The lowest BCUT2D eigenvalue weighted by atomic mass is 9.94. The van der Waals surface area contributed by atoms with Crippen LogP contribution in [-0.2, 0) is 43.2 Å². The van der Waals surface area contributed by atoms with E-state index in [9.17, 15) is 27.9 Å². The molecule has 0 spiro atoms. The highest BCUT2D eigenvalue weighted by Gasteiger charge is 2.34. The fraction of sp³-hybridized carbons (Fsp3) is 0.364. The van der Waals surface area contributed by atoms with Crippen LogP contribution in [-0.4, -0.2) is 64.9 Å². The first-order chi connectivity index (χ1) is 20.0. The molecule has 3 aromatic rings. The van der Waals surface area contributed by atoms with Crippen LogP contribution in [0.5, 0.6) is 0 Å². The van der Waals surface area contributed by atoms with E-state index in [2.05, 4.69) is 9.88 Å². The Bertz CT molecular complexity index is 1540. The molecule has 0 bridgehead atoms. The number of carbonyl (C=O) groups excluding carboxylic acids is 1. The van der Waals surface area contributed by atoms with Gasteiger partial charge in [0.1, 0.15) is 0 Å². The van der Waals surface area contributed by atoms with Crippen molar-refractivity contribution < 1.29 is 27.9 Å². The Morgan fingerprint density at radius 2 is 1.71 bits per heavy atom. The summed E-state index contributed by atoms with van der Waals surface area (Å²) >= 11 is 0. The van der Waals surface area contributed by atoms with E-state index in [-0.39, 0.29) is 29.9 Å². The largest absolute Gasteiger partial charge is 0.478 e. The van der Waals surface area contributed by atoms with Crippen LogP contribution in [0.4, 0.5) is 13.2 Å². The normalized spacial score (nSPS) is 15.9. The maximum absolute atomic E-state index is 14.0. The molecule has 1 aromatic heterocycles. The average molecular weight is 578 g/mol. The monoisotopic (exact) mass is 577 g/mol. The molecule has 0 radical (unpaired) electrons. The number of pyridine rings is 1. The third-order valence-electron chi connectivity index (χ3n) is 8.21. The number of rotatable bonds is 9. The Morgan fingerprint density at radius 1 is 0.952 bits per heavy atom. The number of Topliss-reactive ketones (excluding diaryl/α,β-unsaturated/α-hetero) is 1. The van der Waals surface area contributed by atoms with E-state index in [1.807, 2.05) is 43.1 Å². The molecule has 220 valence electrons. The summed E-state index contributed by atoms with van der Waals surface area (Å²) in [5.74, 6) is -1.29. The van der Waals surface area contributed by atoms with Gasteiger partial charge < -0.3 is 10.0 Å². The summed E-state index contributed by atoms with van der Waals surface area (Å²) in [6.07, 6.45) is 0.573. The van der Waals surface area contributed by atoms with Gasteiger partial charge in [0.05, 0.1) is 11.3 Å². The smallest absolute Gasteiger partial charge is 0.416 e. The van der Waals surface area contributed by atoms with Crippen LogP contribution in [0.25, 0.3) is 6.08 Å². The maximum atomic E-state index is 14.0. The first kappa shape index (κ1) is 29.7. The summed E-state index contributed by atoms with van der Waals surface area (Å²) in [6, 6.07) is 11.7. The molecule has 2 aliphatic rings. The molecule has 42 heavy (non-hydrogen) atoms. The van der Waals surface area contributed by atoms with Crippen LogP contribution < -0.4 is 0 Å². The van der Waals surface area contributed by atoms with Gasteiger partial charge in [-0.2, -0.15) is 13.2 Å². The van der Waals surface area contributed by atoms with Crippen molar-refractivity contribution in [3.63, 3.8) is 0 Å². The quantitative estimate of drug-likeness (QED) is 0.344. The first-order valence-electron chi connectivity index (χ1n) is 14.1. The number of piperazine rings is 1. The Morgan fingerprint density at radius 3 is 2.43 bits per heavy atom. The number of aromatic nitrogens is 1. The predicted molar refractivity (Wildman–Crippen MR) is 154 cm³/mol. The second-order valence-electron chi connectivity index (χ2n) is 11.3. The van der Waals surface area contributed by atoms with Gasteiger partial charge in [0.2, 0.25) is 0 Å². The number of carbonyl (C=O) groups is 2. The van der Waals surface area contributed by atoms with Gasteiger partial charge in [-0.05, 0) is 78.4 Å². The fourth-order valence-electron chi connectivity index (χ4n) is 5.59. The van der Waals surface area contributed by atoms with E-state index in [0.717, 1.165) is 52.7 Å². The Kier molecular flexibility index (Phi) is 8.61. The molecule has 1 saturated heterocycles. The molecule has 1 aliphatic heterocycles. The van der Waals surface area contributed by atoms with Crippen LogP contribution in [0, 0.1) is 6.92 Å². The lowest BCUT2D eigenvalue weighted by molar-refractivity contribution is -0.138. The van der Waals surface area contributed by atoms with Gasteiger partial charge in [-0.15, -0.1) is 0 Å². The standard InChI is InChI=1S/C33H34F3N3O3/c1-21-3-4-22(13-24(21)6-5-23-14-27-16-28(32(41)42)18-30(27)37-19-23)15-31(40)25-7-8-26(29(17-25)33(34,35)36)20-39-11-9-38(2)10-12-39/h3-4,7-8,13-14,16-17,19H,5-6,9-12,15,18,20H2,1-2H3,(H,41,42). The summed E-state index contributed by atoms with van der Waals surface area (Å²) < 4.78 is 42.0. The molecule has 2 aromatic carbocycles. The van der Waals surface area contributed by atoms with Gasteiger partial charge in [-0.3, -0.25) is 14.7 Å². The van der Waals surface area contributed by atoms with Crippen molar-refractivity contribution in [1.29, 1.82) is 0 Å². The molecule has 0 amide bonds. The molecular formula is C33H34F3N3O3. The van der Waals surface area contributed by atoms with Crippen LogP contribution in [0.1, 0.15) is 55.0 Å². The number of carboxylic acid groups (broad SMARTS) is 1. The molecule has 2 heterocycles. The van der Waals surface area contributed by atoms with E-state index in [1.54, 1.807) is 12.3 Å². The van der Waals surface area contributed by atoms with Gasteiger partial charge in [0, 0.05) is 62.9 Å². The molecule has 6 nitrogen and oxygen atoms in total. The van der Waals surface area contributed by atoms with Gasteiger partial charge >= 0.3 is 12.1 Å². The van der Waals surface area contributed by atoms with E-state index in [0.29, 0.717) is 37.9 Å². The highest BCUT2D eigenvalue weighted by Crippen LogP contribution is 2.34. The molecule has 0 atom stereocenters. The lowest BCUT2D eigenvalue weighted by Crippen LogP contribution is -2.44. The van der Waals surface area contributed by atoms with Crippen molar-refractivity contribution in [3.05, 3.63) is 104 Å². The van der Waals surface area contributed by atoms with Crippen LogP contribution >= 0.6 is 0 Å². The van der Waals surface area contributed by atoms with Crippen molar-refractivity contribution in [2.45, 2.75) is 45.3 Å². The third-order valence-corrected chi connectivity index (χ3v) is 8.21. The number of aliphatic carboxylic acids is 1. The number of likely N-dealkylation sites (N-methyl/N-ethyl adjacent to an activating group) is 1. The van der Waals surface area contributed by atoms with E-state index in [1.165, 1.54) is 12.1 Å². The summed E-state index contributed by atoms with van der Waals surface area (Å²) in [5, 5.41) is 9.25. The van der Waals surface area contributed by atoms with Crippen molar-refractivity contribution >= 4 is 17.8 Å². The zero-order chi connectivity index (χ0) is 30.0. The van der Waals surface area contributed by atoms with Crippen molar-refractivity contribution in [2.75, 3.05) is 33.2 Å². The molecular weight excluding hydrogens is 543 g/mol. The molecule has 1 fully saturated rings. The number of nitrogens with zero attached hydrogens (tertiary/aromatic N) is 3. The van der Waals surface area contributed by atoms with E-state index >= 15 is 0 Å².